The van der Waals surface area contributed by atoms with Crippen LogP contribution in [0.5, 0.6) is 0 Å². The van der Waals surface area contributed by atoms with Crippen LogP contribution in [0.4, 0.5) is 0 Å². The highest BCUT2D eigenvalue weighted by Crippen LogP contribution is 2.27. The highest BCUT2D eigenvalue weighted by Gasteiger charge is 2.41. The molecule has 1 saturated heterocycles. The van der Waals surface area contributed by atoms with Crippen molar-refractivity contribution in [2.75, 3.05) is 0 Å². The molecule has 0 saturated carbocycles. The van der Waals surface area contributed by atoms with Crippen LogP contribution in [0.3, 0.4) is 0 Å². The van der Waals surface area contributed by atoms with Gasteiger partial charge in [-0.3, -0.25) is 9.59 Å². The minimum Gasteiger partial charge on any atom is -0.412 e. The Bertz CT molecular complexity index is 379. The predicted octanol–water partition coefficient (Wildman–Crippen LogP) is -0.778. The van der Waals surface area contributed by atoms with Crippen molar-refractivity contribution in [3.05, 3.63) is 11.3 Å². The molecule has 1 heterocycles. The molecule has 1 aliphatic heterocycles. The summed E-state index contributed by atoms with van der Waals surface area (Å²) in [5.74, 6) is -0.762. The Labute approximate surface area is 72.7 Å². The molecule has 0 aromatic heterocycles. The molecule has 0 N–H and O–H groups in total. The van der Waals surface area contributed by atoms with E-state index in [0.29, 0.717) is 0 Å². The SMILES string of the molecule is CC(=O)C1C(=O)OC(=C=O)C1=C=O. The van der Waals surface area contributed by atoms with E-state index in [9.17, 15) is 19.2 Å². The van der Waals surface area contributed by atoms with Gasteiger partial charge in [-0.2, -0.15) is 0 Å². The van der Waals surface area contributed by atoms with Gasteiger partial charge in [-0.15, -0.1) is 0 Å². The Balaban J connectivity index is 3.27. The van der Waals surface area contributed by atoms with Crippen molar-refractivity contribution in [1.82, 2.24) is 0 Å². The second kappa shape index (κ2) is 3.19. The lowest BCUT2D eigenvalue weighted by molar-refractivity contribution is -0.141. The molecule has 1 fully saturated rings. The molecule has 1 rings (SSSR count). The molecule has 0 radical (unpaired) electrons. The Morgan fingerprint density at radius 3 is 2.38 bits per heavy atom. The highest BCUT2D eigenvalue weighted by atomic mass is 16.5. The molecule has 0 bridgehead atoms. The molecule has 0 aromatic rings. The maximum atomic E-state index is 10.9. The fourth-order valence-corrected chi connectivity index (χ4v) is 1.01. The van der Waals surface area contributed by atoms with Gasteiger partial charge in [-0.05, 0) is 6.92 Å². The summed E-state index contributed by atoms with van der Waals surface area (Å²) in [5, 5.41) is 0. The zero-order valence-electron chi connectivity index (χ0n) is 6.62. The third-order valence-corrected chi connectivity index (χ3v) is 1.58. The van der Waals surface area contributed by atoms with Crippen molar-refractivity contribution >= 4 is 23.6 Å². The van der Waals surface area contributed by atoms with Crippen LogP contribution in [-0.4, -0.2) is 23.6 Å². The molecule has 0 aromatic carbocycles. The first-order valence-electron chi connectivity index (χ1n) is 3.34. The summed E-state index contributed by atoms with van der Waals surface area (Å²) in [4.78, 5) is 42.2. The van der Waals surface area contributed by atoms with Gasteiger partial charge in [0.25, 0.3) is 0 Å². The average Bonchev–Trinajstić information content (AvgIpc) is 2.41. The van der Waals surface area contributed by atoms with Gasteiger partial charge < -0.3 is 4.74 Å². The van der Waals surface area contributed by atoms with E-state index in [1.807, 2.05) is 0 Å². The Morgan fingerprint density at radius 1 is 1.38 bits per heavy atom. The number of ether oxygens (including phenoxy) is 1. The number of ketones is 1. The van der Waals surface area contributed by atoms with Crippen LogP contribution in [0.25, 0.3) is 0 Å². The number of carbonyl (C=O) groups excluding carboxylic acids is 4. The highest BCUT2D eigenvalue weighted by molar-refractivity contribution is 6.07. The van der Waals surface area contributed by atoms with Crippen molar-refractivity contribution in [2.45, 2.75) is 6.92 Å². The van der Waals surface area contributed by atoms with Crippen LogP contribution in [0.1, 0.15) is 6.92 Å². The molecule has 0 spiro atoms. The van der Waals surface area contributed by atoms with Crippen LogP contribution in [0, 0.1) is 5.92 Å². The molecule has 1 aliphatic rings. The molecule has 5 nitrogen and oxygen atoms in total. The van der Waals surface area contributed by atoms with E-state index >= 15 is 0 Å². The largest absolute Gasteiger partial charge is 0.412 e. The summed E-state index contributed by atoms with van der Waals surface area (Å²) >= 11 is 0. The maximum Gasteiger partial charge on any atom is 0.328 e. The molecule has 1 atom stereocenters. The van der Waals surface area contributed by atoms with Gasteiger partial charge in [0.1, 0.15) is 17.3 Å². The summed E-state index contributed by atoms with van der Waals surface area (Å²) < 4.78 is 4.32. The van der Waals surface area contributed by atoms with E-state index in [1.54, 1.807) is 0 Å². The lowest BCUT2D eigenvalue weighted by atomic mass is 9.98. The number of rotatable bonds is 1. The van der Waals surface area contributed by atoms with E-state index in [0.717, 1.165) is 6.92 Å². The molecule has 0 aliphatic carbocycles. The Hall–Kier alpha value is -1.96. The van der Waals surface area contributed by atoms with Crippen molar-refractivity contribution in [3.63, 3.8) is 0 Å². The number of hydrogen-bond acceptors (Lipinski definition) is 5. The summed E-state index contributed by atoms with van der Waals surface area (Å²) in [7, 11) is 0. The predicted molar refractivity (Wildman–Crippen MR) is 38.7 cm³/mol. The fourth-order valence-electron chi connectivity index (χ4n) is 1.01. The molecular weight excluding hydrogens is 176 g/mol. The van der Waals surface area contributed by atoms with E-state index in [2.05, 4.69) is 4.74 Å². The topological polar surface area (TPSA) is 77.5 Å². The standard InChI is InChI=1S/C8H4O5/c1-4(11)7-5(2-9)6(3-10)13-8(7)12/h7H,1H3. The van der Waals surface area contributed by atoms with E-state index < -0.39 is 23.4 Å². The minimum atomic E-state index is -1.31. The van der Waals surface area contributed by atoms with Gasteiger partial charge in [-0.25, -0.2) is 9.59 Å². The summed E-state index contributed by atoms with van der Waals surface area (Å²) in [6.07, 6.45) is 0. The fraction of sp³-hybridized carbons (Fsp3) is 0.250. The zero-order valence-corrected chi connectivity index (χ0v) is 6.62. The number of Topliss-reactive ketones (excluding diaryl/α,β-unsaturated/α-hetero) is 1. The van der Waals surface area contributed by atoms with Crippen molar-refractivity contribution in [3.8, 4) is 0 Å². The first-order valence-corrected chi connectivity index (χ1v) is 3.34. The van der Waals surface area contributed by atoms with Gasteiger partial charge in [0.05, 0.1) is 0 Å². The molecular formula is C8H4O5. The van der Waals surface area contributed by atoms with Crippen molar-refractivity contribution < 1.29 is 23.9 Å². The second-order valence-electron chi connectivity index (χ2n) is 2.41. The van der Waals surface area contributed by atoms with E-state index in [-0.39, 0.29) is 5.57 Å². The quantitative estimate of drug-likeness (QED) is 0.300. The van der Waals surface area contributed by atoms with Gasteiger partial charge in [-0.1, -0.05) is 0 Å². The monoisotopic (exact) mass is 180 g/mol. The average molecular weight is 180 g/mol. The zero-order chi connectivity index (χ0) is 10.0. The summed E-state index contributed by atoms with van der Waals surface area (Å²) in [6.45, 7) is 1.12. The third-order valence-electron chi connectivity index (χ3n) is 1.58. The number of esters is 1. The van der Waals surface area contributed by atoms with Crippen LogP contribution in [0.15, 0.2) is 11.3 Å². The molecule has 13 heavy (non-hydrogen) atoms. The number of hydrogen-bond donors (Lipinski definition) is 0. The number of carbonyl (C=O) groups is 2. The van der Waals surface area contributed by atoms with Crippen LogP contribution in [0.2, 0.25) is 0 Å². The first kappa shape index (κ1) is 9.13. The Kier molecular flexibility index (Phi) is 2.24. The van der Waals surface area contributed by atoms with Gasteiger partial charge in [0, 0.05) is 0 Å². The van der Waals surface area contributed by atoms with Crippen LogP contribution < -0.4 is 0 Å². The third kappa shape index (κ3) is 1.34. The van der Waals surface area contributed by atoms with Gasteiger partial charge in [0.15, 0.2) is 11.9 Å². The summed E-state index contributed by atoms with van der Waals surface area (Å²) in [5.41, 5.74) is -0.368. The molecule has 5 heteroatoms. The summed E-state index contributed by atoms with van der Waals surface area (Å²) in [6, 6.07) is 0. The van der Waals surface area contributed by atoms with Crippen LogP contribution >= 0.6 is 0 Å². The molecule has 66 valence electrons. The number of allylic oxidation sites excluding steroid dienone is 1. The van der Waals surface area contributed by atoms with Crippen molar-refractivity contribution in [1.29, 1.82) is 0 Å². The molecule has 1 unspecified atom stereocenters. The van der Waals surface area contributed by atoms with Crippen molar-refractivity contribution in [2.24, 2.45) is 5.92 Å². The lowest BCUT2D eigenvalue weighted by Crippen LogP contribution is -2.17. The first-order chi connectivity index (χ1) is 6.11. The minimum absolute atomic E-state index is 0.368. The van der Waals surface area contributed by atoms with Gasteiger partial charge in [0.2, 0.25) is 5.76 Å². The van der Waals surface area contributed by atoms with Gasteiger partial charge >= 0.3 is 5.97 Å². The Morgan fingerprint density at radius 2 is 2.00 bits per heavy atom. The van der Waals surface area contributed by atoms with E-state index in [4.69, 9.17) is 0 Å². The maximum absolute atomic E-state index is 10.9. The smallest absolute Gasteiger partial charge is 0.328 e. The lowest BCUT2D eigenvalue weighted by Gasteiger charge is -1.95. The van der Waals surface area contributed by atoms with E-state index in [1.165, 1.54) is 11.9 Å². The van der Waals surface area contributed by atoms with Crippen LogP contribution in [-0.2, 0) is 23.9 Å². The number of cyclic esters (lactones) is 1. The molecule has 0 amide bonds. The second-order valence-corrected chi connectivity index (χ2v) is 2.41. The normalized spacial score (nSPS) is 20.7.